The molecular formula is C18H28N2O2. The molecule has 0 heterocycles. The lowest BCUT2D eigenvalue weighted by Gasteiger charge is -2.36. The SMILES string of the molecule is CC(C)[C@@H]1CC[C@@H](C)C[C@H]1OC(=O)Nc1cccc(CN)c1. The highest BCUT2D eigenvalue weighted by Crippen LogP contribution is 2.35. The van der Waals surface area contributed by atoms with Crippen molar-refractivity contribution in [2.75, 3.05) is 5.32 Å². The topological polar surface area (TPSA) is 64.3 Å². The fourth-order valence-corrected chi connectivity index (χ4v) is 3.31. The molecular weight excluding hydrogens is 276 g/mol. The highest BCUT2D eigenvalue weighted by Gasteiger charge is 2.33. The summed E-state index contributed by atoms with van der Waals surface area (Å²) in [7, 11) is 0. The van der Waals surface area contributed by atoms with Crippen LogP contribution in [-0.2, 0) is 11.3 Å². The smallest absolute Gasteiger partial charge is 0.411 e. The van der Waals surface area contributed by atoms with E-state index in [0.717, 1.165) is 24.1 Å². The molecule has 1 aromatic rings. The normalized spacial score (nSPS) is 25.0. The number of rotatable bonds is 4. The maximum absolute atomic E-state index is 12.2. The van der Waals surface area contributed by atoms with Crippen LogP contribution in [0.15, 0.2) is 24.3 Å². The van der Waals surface area contributed by atoms with Gasteiger partial charge in [-0.2, -0.15) is 0 Å². The zero-order valence-corrected chi connectivity index (χ0v) is 13.8. The fraction of sp³-hybridized carbons (Fsp3) is 0.611. The number of anilines is 1. The van der Waals surface area contributed by atoms with Crippen LogP contribution < -0.4 is 11.1 Å². The molecule has 1 aliphatic rings. The van der Waals surface area contributed by atoms with Crippen LogP contribution in [0, 0.1) is 17.8 Å². The Balaban J connectivity index is 1.97. The number of nitrogens with two attached hydrogens (primary N) is 1. The van der Waals surface area contributed by atoms with Gasteiger partial charge in [0.25, 0.3) is 0 Å². The molecule has 0 radical (unpaired) electrons. The van der Waals surface area contributed by atoms with Crippen LogP contribution in [0.4, 0.5) is 10.5 Å². The minimum Gasteiger partial charge on any atom is -0.446 e. The van der Waals surface area contributed by atoms with Gasteiger partial charge in [-0.25, -0.2) is 4.79 Å². The van der Waals surface area contributed by atoms with E-state index in [1.54, 1.807) is 0 Å². The average Bonchev–Trinajstić information content (AvgIpc) is 2.47. The Morgan fingerprint density at radius 1 is 1.41 bits per heavy atom. The highest BCUT2D eigenvalue weighted by atomic mass is 16.6. The molecule has 0 saturated heterocycles. The number of hydrogen-bond acceptors (Lipinski definition) is 3. The molecule has 1 fully saturated rings. The number of carbonyl (C=O) groups excluding carboxylic acids is 1. The Morgan fingerprint density at radius 3 is 2.86 bits per heavy atom. The summed E-state index contributed by atoms with van der Waals surface area (Å²) in [5.41, 5.74) is 7.35. The Hall–Kier alpha value is -1.55. The number of carbonyl (C=O) groups is 1. The van der Waals surface area contributed by atoms with Crippen molar-refractivity contribution in [3.63, 3.8) is 0 Å². The molecule has 4 heteroatoms. The average molecular weight is 304 g/mol. The van der Waals surface area contributed by atoms with E-state index in [9.17, 15) is 4.79 Å². The van der Waals surface area contributed by atoms with E-state index in [1.165, 1.54) is 6.42 Å². The zero-order chi connectivity index (χ0) is 16.1. The van der Waals surface area contributed by atoms with Crippen LogP contribution >= 0.6 is 0 Å². The molecule has 2 rings (SSSR count). The highest BCUT2D eigenvalue weighted by molar-refractivity contribution is 5.84. The van der Waals surface area contributed by atoms with Gasteiger partial charge >= 0.3 is 6.09 Å². The third kappa shape index (κ3) is 4.47. The Kier molecular flexibility index (Phi) is 5.83. The van der Waals surface area contributed by atoms with Crippen molar-refractivity contribution in [1.29, 1.82) is 0 Å². The van der Waals surface area contributed by atoms with Crippen molar-refractivity contribution in [2.24, 2.45) is 23.5 Å². The van der Waals surface area contributed by atoms with Gasteiger partial charge in [-0.05, 0) is 48.3 Å². The monoisotopic (exact) mass is 304 g/mol. The summed E-state index contributed by atoms with van der Waals surface area (Å²) in [5, 5.41) is 2.82. The van der Waals surface area contributed by atoms with E-state index >= 15 is 0 Å². The first-order valence-corrected chi connectivity index (χ1v) is 8.26. The Morgan fingerprint density at radius 2 is 2.18 bits per heavy atom. The van der Waals surface area contributed by atoms with Crippen LogP contribution in [0.1, 0.15) is 45.6 Å². The van der Waals surface area contributed by atoms with Crippen LogP contribution in [0.25, 0.3) is 0 Å². The summed E-state index contributed by atoms with van der Waals surface area (Å²) in [4.78, 5) is 12.2. The van der Waals surface area contributed by atoms with Crippen LogP contribution in [0.3, 0.4) is 0 Å². The first-order chi connectivity index (χ1) is 10.5. The minimum atomic E-state index is -0.362. The first kappa shape index (κ1) is 16.8. The quantitative estimate of drug-likeness (QED) is 0.878. The molecule has 1 amide bonds. The second-order valence-electron chi connectivity index (χ2n) is 6.80. The molecule has 0 bridgehead atoms. The summed E-state index contributed by atoms with van der Waals surface area (Å²) in [6.45, 7) is 7.11. The number of ether oxygens (including phenoxy) is 1. The standard InChI is InChI=1S/C18H28N2O2/c1-12(2)16-8-7-13(3)9-17(16)22-18(21)20-15-6-4-5-14(10-15)11-19/h4-6,10,12-13,16-17H,7-9,11,19H2,1-3H3,(H,20,21)/t13-,16+,17-/m1/s1. The third-order valence-electron chi connectivity index (χ3n) is 4.63. The summed E-state index contributed by atoms with van der Waals surface area (Å²) >= 11 is 0. The lowest BCUT2D eigenvalue weighted by atomic mass is 9.75. The van der Waals surface area contributed by atoms with E-state index in [-0.39, 0.29) is 12.2 Å². The largest absolute Gasteiger partial charge is 0.446 e. The van der Waals surface area contributed by atoms with Crippen molar-refractivity contribution in [3.8, 4) is 0 Å². The summed E-state index contributed by atoms with van der Waals surface area (Å²) in [6, 6.07) is 7.56. The Labute approximate surface area is 133 Å². The predicted molar refractivity (Wildman–Crippen MR) is 89.6 cm³/mol. The molecule has 3 N–H and O–H groups in total. The predicted octanol–water partition coefficient (Wildman–Crippen LogP) is 4.15. The number of hydrogen-bond donors (Lipinski definition) is 2. The second kappa shape index (κ2) is 7.63. The third-order valence-corrected chi connectivity index (χ3v) is 4.63. The summed E-state index contributed by atoms with van der Waals surface area (Å²) in [6.07, 6.45) is 2.97. The van der Waals surface area contributed by atoms with Crippen molar-refractivity contribution in [2.45, 2.75) is 52.7 Å². The Bertz CT molecular complexity index is 502. The van der Waals surface area contributed by atoms with Crippen molar-refractivity contribution >= 4 is 11.8 Å². The zero-order valence-electron chi connectivity index (χ0n) is 13.8. The molecule has 122 valence electrons. The fourth-order valence-electron chi connectivity index (χ4n) is 3.31. The summed E-state index contributed by atoms with van der Waals surface area (Å²) < 4.78 is 5.73. The van der Waals surface area contributed by atoms with Crippen LogP contribution in [0.5, 0.6) is 0 Å². The van der Waals surface area contributed by atoms with Gasteiger partial charge in [-0.3, -0.25) is 5.32 Å². The van der Waals surface area contributed by atoms with E-state index < -0.39 is 0 Å². The van der Waals surface area contributed by atoms with Crippen LogP contribution in [0.2, 0.25) is 0 Å². The second-order valence-corrected chi connectivity index (χ2v) is 6.80. The maximum Gasteiger partial charge on any atom is 0.411 e. The van der Waals surface area contributed by atoms with Crippen molar-refractivity contribution in [1.82, 2.24) is 0 Å². The maximum atomic E-state index is 12.2. The van der Waals surface area contributed by atoms with Crippen molar-refractivity contribution < 1.29 is 9.53 Å². The van der Waals surface area contributed by atoms with Gasteiger partial charge in [0.05, 0.1) is 0 Å². The van der Waals surface area contributed by atoms with Crippen LogP contribution in [-0.4, -0.2) is 12.2 Å². The van der Waals surface area contributed by atoms with Gasteiger partial charge in [0.15, 0.2) is 0 Å². The lowest BCUT2D eigenvalue weighted by molar-refractivity contribution is 0.0126. The molecule has 0 aliphatic heterocycles. The van der Waals surface area contributed by atoms with Gasteiger partial charge in [0.1, 0.15) is 6.10 Å². The number of nitrogens with one attached hydrogen (secondary N) is 1. The molecule has 22 heavy (non-hydrogen) atoms. The van der Waals surface area contributed by atoms with Gasteiger partial charge in [-0.15, -0.1) is 0 Å². The van der Waals surface area contributed by atoms with Gasteiger partial charge < -0.3 is 10.5 Å². The van der Waals surface area contributed by atoms with Gasteiger partial charge in [0, 0.05) is 12.2 Å². The molecule has 0 unspecified atom stereocenters. The number of benzene rings is 1. The van der Waals surface area contributed by atoms with E-state index in [0.29, 0.717) is 24.3 Å². The molecule has 4 nitrogen and oxygen atoms in total. The van der Waals surface area contributed by atoms with Crippen molar-refractivity contribution in [3.05, 3.63) is 29.8 Å². The summed E-state index contributed by atoms with van der Waals surface area (Å²) in [5.74, 6) is 1.61. The first-order valence-electron chi connectivity index (χ1n) is 8.26. The molecule has 1 aliphatic carbocycles. The molecule has 1 aromatic carbocycles. The van der Waals surface area contributed by atoms with E-state index in [1.807, 2.05) is 24.3 Å². The van der Waals surface area contributed by atoms with Gasteiger partial charge in [-0.1, -0.05) is 39.3 Å². The molecule has 1 saturated carbocycles. The molecule has 0 spiro atoms. The van der Waals surface area contributed by atoms with E-state index in [2.05, 4.69) is 26.1 Å². The molecule has 0 aromatic heterocycles. The number of amides is 1. The minimum absolute atomic E-state index is 0.0152. The molecule has 3 atom stereocenters. The lowest BCUT2D eigenvalue weighted by Crippen LogP contribution is -2.36. The van der Waals surface area contributed by atoms with E-state index in [4.69, 9.17) is 10.5 Å². The van der Waals surface area contributed by atoms with Gasteiger partial charge in [0.2, 0.25) is 0 Å².